The molecule has 1 N–H and O–H groups in total. The number of rotatable bonds is 3. The van der Waals surface area contributed by atoms with E-state index in [0.29, 0.717) is 0 Å². The van der Waals surface area contributed by atoms with E-state index in [0.717, 1.165) is 17.7 Å². The summed E-state index contributed by atoms with van der Waals surface area (Å²) >= 11 is 6.00. The van der Waals surface area contributed by atoms with Crippen LogP contribution in [0.15, 0.2) is 12.1 Å². The molecule has 0 aromatic heterocycles. The molecule has 1 unspecified atom stereocenters. The highest BCUT2D eigenvalue weighted by Crippen LogP contribution is 2.40. The predicted molar refractivity (Wildman–Crippen MR) is 84.1 cm³/mol. The third-order valence-corrected chi connectivity index (χ3v) is 4.20. The number of halogens is 1. The number of aryl methyl sites for hydroxylation is 1. The fourth-order valence-corrected chi connectivity index (χ4v) is 3.17. The summed E-state index contributed by atoms with van der Waals surface area (Å²) in [6, 6.07) is 3.23. The number of hydrogen-bond donors (Lipinski definition) is 1. The van der Waals surface area contributed by atoms with Crippen LogP contribution in [0.1, 0.15) is 39.7 Å². The van der Waals surface area contributed by atoms with E-state index in [-0.39, 0.29) is 28.0 Å². The molecule has 1 aromatic rings. The first-order valence-corrected chi connectivity index (χ1v) is 7.31. The number of anilines is 1. The molecule has 6 heteroatoms. The first kappa shape index (κ1) is 16.0. The van der Waals surface area contributed by atoms with E-state index in [2.05, 4.69) is 19.2 Å². The molecule has 1 saturated heterocycles. The molecule has 5 nitrogen and oxygen atoms in total. The molecule has 1 aromatic carbocycles. The van der Waals surface area contributed by atoms with Crippen LogP contribution in [0.5, 0.6) is 0 Å². The van der Waals surface area contributed by atoms with Gasteiger partial charge in [0.25, 0.3) is 5.69 Å². The van der Waals surface area contributed by atoms with Gasteiger partial charge in [-0.3, -0.25) is 10.1 Å². The third-order valence-electron chi connectivity index (χ3n) is 3.89. The van der Waals surface area contributed by atoms with Gasteiger partial charge in [-0.05, 0) is 52.7 Å². The molecular weight excluding hydrogens is 292 g/mol. The number of nitro benzene ring substituents is 1. The van der Waals surface area contributed by atoms with Gasteiger partial charge in [-0.1, -0.05) is 11.6 Å². The Morgan fingerprint density at radius 3 is 2.48 bits per heavy atom. The van der Waals surface area contributed by atoms with Gasteiger partial charge < -0.3 is 10.1 Å². The fraction of sp³-hybridized carbons (Fsp3) is 0.600. The minimum Gasteiger partial charge on any atom is -0.379 e. The Balaban J connectivity index is 2.29. The first-order chi connectivity index (χ1) is 9.52. The average Bonchev–Trinajstić information content (AvgIpc) is 2.50. The van der Waals surface area contributed by atoms with Crippen molar-refractivity contribution in [2.24, 2.45) is 0 Å². The Hall–Kier alpha value is -1.33. The number of nitro groups is 1. The van der Waals surface area contributed by atoms with Crippen LogP contribution in [0.2, 0.25) is 5.02 Å². The normalized spacial score (nSPS) is 23.0. The maximum Gasteiger partial charge on any atom is 0.288 e. The van der Waals surface area contributed by atoms with Gasteiger partial charge in [0.1, 0.15) is 5.02 Å². The second kappa shape index (κ2) is 5.14. The lowest BCUT2D eigenvalue weighted by molar-refractivity contribution is -0.384. The van der Waals surface area contributed by atoms with Crippen LogP contribution in [0.25, 0.3) is 0 Å². The topological polar surface area (TPSA) is 64.4 Å². The van der Waals surface area contributed by atoms with Crippen LogP contribution in [-0.2, 0) is 4.74 Å². The Morgan fingerprint density at radius 2 is 2.00 bits per heavy atom. The highest BCUT2D eigenvalue weighted by Gasteiger charge is 2.46. The van der Waals surface area contributed by atoms with Crippen molar-refractivity contribution in [1.29, 1.82) is 0 Å². The summed E-state index contributed by atoms with van der Waals surface area (Å²) in [5.74, 6) is 0. The van der Waals surface area contributed by atoms with Crippen molar-refractivity contribution >= 4 is 23.0 Å². The van der Waals surface area contributed by atoms with Crippen molar-refractivity contribution in [3.8, 4) is 0 Å². The van der Waals surface area contributed by atoms with Crippen molar-refractivity contribution in [2.75, 3.05) is 5.32 Å². The van der Waals surface area contributed by atoms with Gasteiger partial charge in [0, 0.05) is 11.8 Å². The van der Waals surface area contributed by atoms with Crippen LogP contribution in [-0.4, -0.2) is 22.2 Å². The van der Waals surface area contributed by atoms with E-state index in [1.165, 1.54) is 6.07 Å². The van der Waals surface area contributed by atoms with Gasteiger partial charge in [0.05, 0.1) is 22.2 Å². The monoisotopic (exact) mass is 312 g/mol. The van der Waals surface area contributed by atoms with Crippen molar-refractivity contribution in [3.05, 3.63) is 32.8 Å². The molecule has 0 aliphatic carbocycles. The molecule has 0 amide bonds. The highest BCUT2D eigenvalue weighted by atomic mass is 35.5. The van der Waals surface area contributed by atoms with E-state index < -0.39 is 4.92 Å². The molecule has 0 radical (unpaired) electrons. The summed E-state index contributed by atoms with van der Waals surface area (Å²) in [5.41, 5.74) is 1.03. The number of nitrogens with zero attached hydrogens (tertiary/aromatic N) is 1. The molecule has 1 aliphatic rings. The quantitative estimate of drug-likeness (QED) is 0.667. The molecule has 1 atom stereocenters. The first-order valence-electron chi connectivity index (χ1n) is 6.93. The van der Waals surface area contributed by atoms with Crippen LogP contribution >= 0.6 is 11.6 Å². The number of benzene rings is 1. The Kier molecular flexibility index (Phi) is 3.93. The van der Waals surface area contributed by atoms with Gasteiger partial charge in [-0.2, -0.15) is 0 Å². The van der Waals surface area contributed by atoms with Crippen molar-refractivity contribution in [2.45, 2.75) is 58.3 Å². The second-order valence-electron chi connectivity index (χ2n) is 6.74. The van der Waals surface area contributed by atoms with Crippen LogP contribution in [0.3, 0.4) is 0 Å². The van der Waals surface area contributed by atoms with Crippen LogP contribution in [0, 0.1) is 17.0 Å². The molecule has 0 bridgehead atoms. The van der Waals surface area contributed by atoms with E-state index in [1.807, 2.05) is 20.8 Å². The van der Waals surface area contributed by atoms with Crippen LogP contribution in [0.4, 0.5) is 11.4 Å². The Bertz CT molecular complexity index is 585. The molecular formula is C15H21ClN2O3. The van der Waals surface area contributed by atoms with Gasteiger partial charge in [-0.25, -0.2) is 0 Å². The SMILES string of the molecule is Cc1cc([N+](=O)[O-])c(Cl)cc1NC1CC(C)(C)OC1(C)C. The molecule has 116 valence electrons. The summed E-state index contributed by atoms with van der Waals surface area (Å²) in [5, 5.41) is 14.5. The van der Waals surface area contributed by atoms with Crippen molar-refractivity contribution in [3.63, 3.8) is 0 Å². The minimum atomic E-state index is -0.467. The van der Waals surface area contributed by atoms with E-state index in [4.69, 9.17) is 16.3 Å². The van der Waals surface area contributed by atoms with Gasteiger partial charge >= 0.3 is 0 Å². The smallest absolute Gasteiger partial charge is 0.288 e. The number of nitrogens with one attached hydrogen (secondary N) is 1. The average molecular weight is 313 g/mol. The van der Waals surface area contributed by atoms with Crippen LogP contribution < -0.4 is 5.32 Å². The molecule has 21 heavy (non-hydrogen) atoms. The van der Waals surface area contributed by atoms with E-state index in [9.17, 15) is 10.1 Å². The zero-order chi connectivity index (χ0) is 16.0. The molecule has 2 rings (SSSR count). The minimum absolute atomic E-state index is 0.0676. The summed E-state index contributed by atoms with van der Waals surface area (Å²) in [6.07, 6.45) is 0.855. The molecule has 0 spiro atoms. The lowest BCUT2D eigenvalue weighted by atomic mass is 9.94. The standard InChI is InChI=1S/C15H21ClN2O3/c1-9-6-12(18(19)20)10(16)7-11(9)17-13-8-14(2,3)21-15(13,4)5/h6-7,13,17H,8H2,1-5H3. The molecule has 1 heterocycles. The maximum absolute atomic E-state index is 10.9. The van der Waals surface area contributed by atoms with Gasteiger partial charge in [0.15, 0.2) is 0 Å². The fourth-order valence-electron chi connectivity index (χ4n) is 2.94. The summed E-state index contributed by atoms with van der Waals surface area (Å²) in [7, 11) is 0. The van der Waals surface area contributed by atoms with Crippen molar-refractivity contribution < 1.29 is 9.66 Å². The zero-order valence-corrected chi connectivity index (χ0v) is 13.7. The van der Waals surface area contributed by atoms with Crippen molar-refractivity contribution in [1.82, 2.24) is 0 Å². The Labute approximate surface area is 129 Å². The van der Waals surface area contributed by atoms with E-state index in [1.54, 1.807) is 6.07 Å². The zero-order valence-electron chi connectivity index (χ0n) is 13.0. The molecule has 1 aliphatic heterocycles. The highest BCUT2D eigenvalue weighted by molar-refractivity contribution is 6.33. The van der Waals surface area contributed by atoms with Gasteiger partial charge in [-0.15, -0.1) is 0 Å². The lowest BCUT2D eigenvalue weighted by Gasteiger charge is -2.28. The predicted octanol–water partition coefficient (Wildman–Crippen LogP) is 4.31. The Morgan fingerprint density at radius 1 is 1.38 bits per heavy atom. The summed E-state index contributed by atoms with van der Waals surface area (Å²) < 4.78 is 6.05. The lowest BCUT2D eigenvalue weighted by Crippen LogP contribution is -2.38. The van der Waals surface area contributed by atoms with Gasteiger partial charge in [0.2, 0.25) is 0 Å². The second-order valence-corrected chi connectivity index (χ2v) is 7.15. The summed E-state index contributed by atoms with van der Waals surface area (Å²) in [4.78, 5) is 10.4. The molecule has 1 fully saturated rings. The third kappa shape index (κ3) is 3.30. The largest absolute Gasteiger partial charge is 0.379 e. The maximum atomic E-state index is 10.9. The molecule has 0 saturated carbocycles. The van der Waals surface area contributed by atoms with E-state index >= 15 is 0 Å². The number of hydrogen-bond acceptors (Lipinski definition) is 4. The number of ether oxygens (including phenoxy) is 1. The summed E-state index contributed by atoms with van der Waals surface area (Å²) in [6.45, 7) is 10.0.